The van der Waals surface area contributed by atoms with Gasteiger partial charge in [-0.1, -0.05) is 18.2 Å². The molecule has 0 spiro atoms. The molecule has 0 bridgehead atoms. The van der Waals surface area contributed by atoms with Gasteiger partial charge in [-0.15, -0.1) is 0 Å². The number of carbonyl (C=O) groups excluding carboxylic acids is 1. The minimum absolute atomic E-state index is 0.0283. The van der Waals surface area contributed by atoms with E-state index in [1.807, 2.05) is 24.3 Å². The predicted molar refractivity (Wildman–Crippen MR) is 86.6 cm³/mol. The van der Waals surface area contributed by atoms with Gasteiger partial charge >= 0.3 is 6.09 Å². The Bertz CT molecular complexity index is 717. The highest BCUT2D eigenvalue weighted by atomic mass is 16.6. The highest BCUT2D eigenvalue weighted by Gasteiger charge is 2.25. The molecule has 0 unspecified atom stereocenters. The average Bonchev–Trinajstić information content (AvgIpc) is 2.64. The number of amides is 1. The molecule has 122 valence electrons. The topological polar surface area (TPSA) is 75.5 Å². The van der Waals surface area contributed by atoms with Crippen molar-refractivity contribution in [1.29, 1.82) is 5.26 Å². The van der Waals surface area contributed by atoms with E-state index in [4.69, 9.17) is 14.7 Å². The smallest absolute Gasteiger partial charge is 0.415 e. The van der Waals surface area contributed by atoms with Crippen LogP contribution < -0.4 is 9.47 Å². The number of rotatable bonds is 3. The summed E-state index contributed by atoms with van der Waals surface area (Å²) in [5, 5.41) is 8.73. The van der Waals surface area contributed by atoms with Crippen molar-refractivity contribution in [2.24, 2.45) is 0 Å². The summed E-state index contributed by atoms with van der Waals surface area (Å²) >= 11 is 0. The van der Waals surface area contributed by atoms with E-state index in [-0.39, 0.29) is 12.2 Å². The zero-order chi connectivity index (χ0) is 16.8. The normalized spacial score (nSPS) is 14.7. The molecule has 0 N–H and O–H groups in total. The van der Waals surface area contributed by atoms with Crippen molar-refractivity contribution in [2.45, 2.75) is 18.9 Å². The molecule has 0 saturated carbocycles. The van der Waals surface area contributed by atoms with Crippen molar-refractivity contribution in [3.05, 3.63) is 54.4 Å². The summed E-state index contributed by atoms with van der Waals surface area (Å²) in [5.74, 6) is 1.18. The van der Waals surface area contributed by atoms with E-state index < -0.39 is 0 Å². The molecule has 1 aromatic carbocycles. The maximum Gasteiger partial charge on any atom is 0.415 e. The van der Waals surface area contributed by atoms with Crippen LogP contribution in [-0.4, -0.2) is 35.2 Å². The van der Waals surface area contributed by atoms with Crippen molar-refractivity contribution in [3.63, 3.8) is 0 Å². The lowest BCUT2D eigenvalue weighted by atomic mass is 10.1. The lowest BCUT2D eigenvalue weighted by Crippen LogP contribution is -2.43. The van der Waals surface area contributed by atoms with Gasteiger partial charge in [0.15, 0.2) is 0 Å². The van der Waals surface area contributed by atoms with E-state index >= 15 is 0 Å². The first-order valence-electron chi connectivity index (χ1n) is 7.79. The molecule has 0 aliphatic carbocycles. The van der Waals surface area contributed by atoms with Gasteiger partial charge in [-0.05, 0) is 24.3 Å². The third-order valence-electron chi connectivity index (χ3n) is 3.80. The molecule has 6 heteroatoms. The summed E-state index contributed by atoms with van der Waals surface area (Å²) < 4.78 is 11.2. The van der Waals surface area contributed by atoms with Gasteiger partial charge in [0.25, 0.3) is 0 Å². The SMILES string of the molecule is N#Cc1ccc(OC2CCN(C(=O)Oc3ccccc3)CC2)cn1. The molecule has 3 rings (SSSR count). The fourth-order valence-corrected chi connectivity index (χ4v) is 2.52. The van der Waals surface area contributed by atoms with Crippen LogP contribution in [0.15, 0.2) is 48.7 Å². The van der Waals surface area contributed by atoms with E-state index in [9.17, 15) is 4.79 Å². The minimum Gasteiger partial charge on any atom is -0.489 e. The molecule has 2 heterocycles. The van der Waals surface area contributed by atoms with Crippen molar-refractivity contribution in [2.75, 3.05) is 13.1 Å². The number of piperidine rings is 1. The molecule has 1 aliphatic heterocycles. The summed E-state index contributed by atoms with van der Waals surface area (Å²) in [6.45, 7) is 1.17. The highest BCUT2D eigenvalue weighted by molar-refractivity contribution is 5.70. The average molecular weight is 323 g/mol. The van der Waals surface area contributed by atoms with Gasteiger partial charge in [-0.3, -0.25) is 0 Å². The van der Waals surface area contributed by atoms with Crippen LogP contribution in [0.25, 0.3) is 0 Å². The maximum atomic E-state index is 12.1. The van der Waals surface area contributed by atoms with Gasteiger partial charge < -0.3 is 14.4 Å². The Balaban J connectivity index is 1.48. The number of nitrogens with zero attached hydrogens (tertiary/aromatic N) is 3. The lowest BCUT2D eigenvalue weighted by Gasteiger charge is -2.31. The van der Waals surface area contributed by atoms with Gasteiger partial charge in [0.05, 0.1) is 6.20 Å². The quantitative estimate of drug-likeness (QED) is 0.868. The van der Waals surface area contributed by atoms with Crippen LogP contribution in [-0.2, 0) is 0 Å². The van der Waals surface area contributed by atoms with Crippen molar-refractivity contribution >= 4 is 6.09 Å². The fourth-order valence-electron chi connectivity index (χ4n) is 2.52. The Hall–Kier alpha value is -3.07. The first-order chi connectivity index (χ1) is 11.7. The second kappa shape index (κ2) is 7.47. The number of ether oxygens (including phenoxy) is 2. The second-order valence-corrected chi connectivity index (χ2v) is 5.48. The number of hydrogen-bond donors (Lipinski definition) is 0. The Morgan fingerprint density at radius 3 is 2.50 bits per heavy atom. The molecule has 0 radical (unpaired) electrons. The van der Waals surface area contributed by atoms with E-state index in [0.717, 1.165) is 12.8 Å². The van der Waals surface area contributed by atoms with E-state index in [2.05, 4.69) is 4.98 Å². The van der Waals surface area contributed by atoms with Crippen LogP contribution in [0.2, 0.25) is 0 Å². The van der Waals surface area contributed by atoms with E-state index in [1.165, 1.54) is 0 Å². The molecule has 1 aliphatic rings. The molecular formula is C18H17N3O3. The molecule has 1 fully saturated rings. The van der Waals surface area contributed by atoms with Crippen molar-refractivity contribution in [3.8, 4) is 17.6 Å². The van der Waals surface area contributed by atoms with Crippen LogP contribution in [0.1, 0.15) is 18.5 Å². The predicted octanol–water partition coefficient (Wildman–Crippen LogP) is 3.00. The molecular weight excluding hydrogens is 306 g/mol. The van der Waals surface area contributed by atoms with Crippen LogP contribution in [0.5, 0.6) is 11.5 Å². The number of para-hydroxylation sites is 1. The number of pyridine rings is 1. The summed E-state index contributed by atoms with van der Waals surface area (Å²) in [4.78, 5) is 17.8. The highest BCUT2D eigenvalue weighted by Crippen LogP contribution is 2.19. The Morgan fingerprint density at radius 2 is 1.88 bits per heavy atom. The molecule has 1 amide bonds. The monoisotopic (exact) mass is 323 g/mol. The summed E-state index contributed by atoms with van der Waals surface area (Å²) in [6.07, 6.45) is 2.70. The Kier molecular flexibility index (Phi) is 4.92. The molecule has 1 aromatic heterocycles. The molecule has 1 saturated heterocycles. The summed E-state index contributed by atoms with van der Waals surface area (Å²) in [6, 6.07) is 14.4. The third kappa shape index (κ3) is 4.02. The van der Waals surface area contributed by atoms with Gasteiger partial charge in [0, 0.05) is 25.9 Å². The second-order valence-electron chi connectivity index (χ2n) is 5.48. The van der Waals surface area contributed by atoms with Gasteiger partial charge in [-0.25, -0.2) is 9.78 Å². The molecule has 0 atom stereocenters. The Morgan fingerprint density at radius 1 is 1.12 bits per heavy atom. The summed E-state index contributed by atoms with van der Waals surface area (Å²) in [5.41, 5.74) is 0.362. The van der Waals surface area contributed by atoms with Gasteiger partial charge in [0.2, 0.25) is 0 Å². The van der Waals surface area contributed by atoms with Crippen LogP contribution >= 0.6 is 0 Å². The molecule has 24 heavy (non-hydrogen) atoms. The number of likely N-dealkylation sites (tertiary alicyclic amines) is 1. The lowest BCUT2D eigenvalue weighted by molar-refractivity contribution is 0.0928. The molecule has 6 nitrogen and oxygen atoms in total. The number of carbonyl (C=O) groups is 1. The number of nitriles is 1. The largest absolute Gasteiger partial charge is 0.489 e. The van der Waals surface area contributed by atoms with E-state index in [0.29, 0.717) is 30.3 Å². The fraction of sp³-hybridized carbons (Fsp3) is 0.278. The standard InChI is InChI=1S/C18H17N3O3/c19-12-14-6-7-17(13-20-14)23-16-8-10-21(11-9-16)18(22)24-15-4-2-1-3-5-15/h1-7,13,16H,8-11H2. The van der Waals surface area contributed by atoms with Crippen molar-refractivity contribution < 1.29 is 14.3 Å². The van der Waals surface area contributed by atoms with Crippen LogP contribution in [0.3, 0.4) is 0 Å². The maximum absolute atomic E-state index is 12.1. The van der Waals surface area contributed by atoms with Gasteiger partial charge in [0.1, 0.15) is 29.4 Å². The number of aromatic nitrogens is 1. The van der Waals surface area contributed by atoms with Crippen molar-refractivity contribution in [1.82, 2.24) is 9.88 Å². The first-order valence-corrected chi connectivity index (χ1v) is 7.79. The summed E-state index contributed by atoms with van der Waals surface area (Å²) in [7, 11) is 0. The number of hydrogen-bond acceptors (Lipinski definition) is 5. The van der Waals surface area contributed by atoms with Crippen LogP contribution in [0.4, 0.5) is 4.79 Å². The Labute approximate surface area is 140 Å². The van der Waals surface area contributed by atoms with Crippen LogP contribution in [0, 0.1) is 11.3 Å². The molecule has 2 aromatic rings. The van der Waals surface area contributed by atoms with E-state index in [1.54, 1.807) is 35.4 Å². The number of benzene rings is 1. The van der Waals surface area contributed by atoms with Gasteiger partial charge in [-0.2, -0.15) is 5.26 Å². The first kappa shape index (κ1) is 15.8. The zero-order valence-corrected chi connectivity index (χ0v) is 13.1. The zero-order valence-electron chi connectivity index (χ0n) is 13.1. The minimum atomic E-state index is -0.334. The third-order valence-corrected chi connectivity index (χ3v) is 3.80.